The molecule has 1 aliphatic carbocycles. The molecular formula is C22H24N2O3. The Hall–Kier alpha value is -2.82. The molecule has 0 bridgehead atoms. The molecule has 2 aromatic carbocycles. The number of methoxy groups -OCH3 is 1. The predicted octanol–water partition coefficient (Wildman–Crippen LogP) is 4.86. The van der Waals surface area contributed by atoms with E-state index < -0.39 is 6.03 Å². The van der Waals surface area contributed by atoms with E-state index in [0.29, 0.717) is 23.0 Å². The lowest BCUT2D eigenvalue weighted by atomic mass is 9.83. The molecule has 0 atom stereocenters. The minimum atomic E-state index is -0.422. The average molecular weight is 364 g/mol. The monoisotopic (exact) mass is 364 g/mol. The molecule has 2 aromatic rings. The van der Waals surface area contributed by atoms with Gasteiger partial charge in [-0.15, -0.1) is 0 Å². The highest BCUT2D eigenvalue weighted by Gasteiger charge is 2.33. The van der Waals surface area contributed by atoms with Crippen LogP contribution in [0, 0.1) is 0 Å². The number of fused-ring (bicyclic) bond motifs is 1. The maximum atomic E-state index is 12.7. The number of benzene rings is 2. The molecule has 0 unspecified atom stereocenters. The Morgan fingerprint density at radius 2 is 1.81 bits per heavy atom. The van der Waals surface area contributed by atoms with Crippen molar-refractivity contribution in [3.63, 3.8) is 0 Å². The highest BCUT2D eigenvalue weighted by atomic mass is 16.5. The first-order chi connectivity index (χ1) is 13.2. The van der Waals surface area contributed by atoms with Crippen molar-refractivity contribution in [1.29, 1.82) is 0 Å². The number of anilines is 2. The number of hydrogen-bond acceptors (Lipinski definition) is 3. The first-order valence-corrected chi connectivity index (χ1v) is 9.56. The van der Waals surface area contributed by atoms with Gasteiger partial charge in [0.05, 0.1) is 19.2 Å². The van der Waals surface area contributed by atoms with Gasteiger partial charge in [-0.2, -0.15) is 0 Å². The van der Waals surface area contributed by atoms with Crippen molar-refractivity contribution in [3.8, 4) is 5.75 Å². The van der Waals surface area contributed by atoms with Crippen LogP contribution in [0.4, 0.5) is 16.2 Å². The van der Waals surface area contributed by atoms with E-state index in [4.69, 9.17) is 4.74 Å². The third kappa shape index (κ3) is 3.54. The number of nitrogens with one attached hydrogen (secondary N) is 1. The molecule has 3 amide bonds. The molecule has 140 valence electrons. The van der Waals surface area contributed by atoms with Gasteiger partial charge in [0, 0.05) is 5.69 Å². The fourth-order valence-electron chi connectivity index (χ4n) is 4.11. The van der Waals surface area contributed by atoms with Crippen molar-refractivity contribution >= 4 is 23.3 Å². The lowest BCUT2D eigenvalue weighted by molar-refractivity contribution is -0.116. The summed E-state index contributed by atoms with van der Waals surface area (Å²) in [5.41, 5.74) is 3.58. The number of urea groups is 1. The van der Waals surface area contributed by atoms with Gasteiger partial charge in [0.2, 0.25) is 5.91 Å². The Bertz CT molecular complexity index is 854. The normalized spacial score (nSPS) is 16.9. The van der Waals surface area contributed by atoms with Crippen molar-refractivity contribution in [2.75, 3.05) is 17.3 Å². The van der Waals surface area contributed by atoms with Gasteiger partial charge in [-0.1, -0.05) is 31.4 Å². The summed E-state index contributed by atoms with van der Waals surface area (Å²) in [4.78, 5) is 26.4. The fourth-order valence-corrected chi connectivity index (χ4v) is 4.11. The van der Waals surface area contributed by atoms with Gasteiger partial charge in [0.25, 0.3) is 0 Å². The fraction of sp³-hybridized carbons (Fsp3) is 0.364. The van der Waals surface area contributed by atoms with Crippen molar-refractivity contribution in [2.24, 2.45) is 0 Å². The van der Waals surface area contributed by atoms with Gasteiger partial charge in [-0.25, -0.2) is 9.69 Å². The molecule has 27 heavy (non-hydrogen) atoms. The van der Waals surface area contributed by atoms with Gasteiger partial charge in [0.15, 0.2) is 0 Å². The zero-order valence-electron chi connectivity index (χ0n) is 15.5. The van der Waals surface area contributed by atoms with Crippen molar-refractivity contribution in [2.45, 2.75) is 44.4 Å². The minimum Gasteiger partial charge on any atom is -0.497 e. The largest absolute Gasteiger partial charge is 0.497 e. The van der Waals surface area contributed by atoms with E-state index in [-0.39, 0.29) is 12.3 Å². The van der Waals surface area contributed by atoms with Crippen LogP contribution < -0.4 is 15.0 Å². The maximum absolute atomic E-state index is 12.7. The van der Waals surface area contributed by atoms with Crippen LogP contribution in [0.5, 0.6) is 5.75 Å². The number of rotatable bonds is 3. The summed E-state index contributed by atoms with van der Waals surface area (Å²) < 4.78 is 5.12. The highest BCUT2D eigenvalue weighted by molar-refractivity contribution is 6.22. The number of nitrogens with zero attached hydrogens (tertiary/aromatic N) is 1. The van der Waals surface area contributed by atoms with E-state index in [2.05, 4.69) is 17.4 Å². The molecule has 1 aliphatic heterocycles. The van der Waals surface area contributed by atoms with Crippen LogP contribution in [0.3, 0.4) is 0 Å². The molecule has 5 nitrogen and oxygen atoms in total. The number of ether oxygens (including phenoxy) is 1. The van der Waals surface area contributed by atoms with Gasteiger partial charge < -0.3 is 10.1 Å². The third-order valence-corrected chi connectivity index (χ3v) is 5.56. The van der Waals surface area contributed by atoms with Crippen LogP contribution in [-0.2, 0) is 11.2 Å². The molecule has 1 heterocycles. The van der Waals surface area contributed by atoms with Gasteiger partial charge in [-0.05, 0) is 60.2 Å². The smallest absolute Gasteiger partial charge is 0.333 e. The SMILES string of the molecule is COc1ccc(NC(=O)N2C(=O)Cc3cc(C4CCCCC4)ccc32)cc1. The molecule has 1 N–H and O–H groups in total. The zero-order valence-corrected chi connectivity index (χ0v) is 15.5. The summed E-state index contributed by atoms with van der Waals surface area (Å²) in [6, 6.07) is 12.8. The predicted molar refractivity (Wildman–Crippen MR) is 105 cm³/mol. The summed E-state index contributed by atoms with van der Waals surface area (Å²) in [6.07, 6.45) is 6.59. The second kappa shape index (κ2) is 7.43. The minimum absolute atomic E-state index is 0.184. The summed E-state index contributed by atoms with van der Waals surface area (Å²) in [5.74, 6) is 1.11. The Morgan fingerprint density at radius 1 is 1.07 bits per heavy atom. The molecule has 4 rings (SSSR count). The van der Waals surface area contributed by atoms with Gasteiger partial charge in [0.1, 0.15) is 5.75 Å². The number of imide groups is 1. The van der Waals surface area contributed by atoms with Crippen molar-refractivity contribution < 1.29 is 14.3 Å². The number of carbonyl (C=O) groups excluding carboxylic acids is 2. The Kier molecular flexibility index (Phi) is 4.84. The Morgan fingerprint density at radius 3 is 2.52 bits per heavy atom. The number of hydrogen-bond donors (Lipinski definition) is 1. The summed E-state index contributed by atoms with van der Waals surface area (Å²) >= 11 is 0. The Labute approximate surface area is 159 Å². The Balaban J connectivity index is 1.52. The topological polar surface area (TPSA) is 58.6 Å². The lowest BCUT2D eigenvalue weighted by Gasteiger charge is -2.23. The first-order valence-electron chi connectivity index (χ1n) is 9.56. The highest BCUT2D eigenvalue weighted by Crippen LogP contribution is 2.37. The van der Waals surface area contributed by atoms with E-state index in [1.54, 1.807) is 31.4 Å². The van der Waals surface area contributed by atoms with E-state index in [1.165, 1.54) is 42.6 Å². The zero-order chi connectivity index (χ0) is 18.8. The number of amides is 3. The van der Waals surface area contributed by atoms with Crippen molar-refractivity contribution in [1.82, 2.24) is 0 Å². The van der Waals surface area contributed by atoms with Crippen LogP contribution in [0.15, 0.2) is 42.5 Å². The summed E-state index contributed by atoms with van der Waals surface area (Å²) in [6.45, 7) is 0. The molecular weight excluding hydrogens is 340 g/mol. The van der Waals surface area contributed by atoms with E-state index in [9.17, 15) is 9.59 Å². The summed E-state index contributed by atoms with van der Waals surface area (Å²) in [7, 11) is 1.59. The summed E-state index contributed by atoms with van der Waals surface area (Å²) in [5, 5.41) is 2.80. The maximum Gasteiger partial charge on any atom is 0.333 e. The van der Waals surface area contributed by atoms with Crippen LogP contribution in [0.1, 0.15) is 49.1 Å². The lowest BCUT2D eigenvalue weighted by Crippen LogP contribution is -2.37. The van der Waals surface area contributed by atoms with Crippen LogP contribution in [0.2, 0.25) is 0 Å². The van der Waals surface area contributed by atoms with Crippen molar-refractivity contribution in [3.05, 3.63) is 53.6 Å². The van der Waals surface area contributed by atoms with Gasteiger partial charge >= 0.3 is 6.03 Å². The molecule has 0 aromatic heterocycles. The van der Waals surface area contributed by atoms with E-state index in [0.717, 1.165) is 5.56 Å². The first kappa shape index (κ1) is 17.6. The third-order valence-electron chi connectivity index (χ3n) is 5.56. The molecule has 2 aliphatic rings. The molecule has 0 radical (unpaired) electrons. The van der Waals surface area contributed by atoms with E-state index >= 15 is 0 Å². The molecule has 1 fully saturated rings. The van der Waals surface area contributed by atoms with Crippen LogP contribution >= 0.6 is 0 Å². The molecule has 1 saturated carbocycles. The second-order valence-corrected chi connectivity index (χ2v) is 7.29. The molecule has 0 saturated heterocycles. The van der Waals surface area contributed by atoms with E-state index in [1.807, 2.05) is 6.07 Å². The molecule has 5 heteroatoms. The average Bonchev–Trinajstić information content (AvgIpc) is 3.04. The van der Waals surface area contributed by atoms with Gasteiger partial charge in [-0.3, -0.25) is 4.79 Å². The number of carbonyl (C=O) groups is 2. The quantitative estimate of drug-likeness (QED) is 0.846. The van der Waals surface area contributed by atoms with Crippen LogP contribution in [0.25, 0.3) is 0 Å². The second-order valence-electron chi connectivity index (χ2n) is 7.29. The van der Waals surface area contributed by atoms with Crippen LogP contribution in [-0.4, -0.2) is 19.0 Å². The standard InChI is InChI=1S/C22H24N2O3/c1-27-19-10-8-18(9-11-19)23-22(26)24-20-12-7-16(13-17(20)14-21(24)25)15-5-3-2-4-6-15/h7-13,15H,2-6,14H2,1H3,(H,23,26). The molecule has 0 spiro atoms.